The first-order valence-electron chi connectivity index (χ1n) is 13.5. The van der Waals surface area contributed by atoms with Gasteiger partial charge in [-0.25, -0.2) is 4.79 Å². The predicted octanol–water partition coefficient (Wildman–Crippen LogP) is 5.94. The topological polar surface area (TPSA) is 66.5 Å². The van der Waals surface area contributed by atoms with Crippen LogP contribution in [0, 0.1) is 0 Å². The molecule has 0 radical (unpaired) electrons. The van der Waals surface area contributed by atoms with Gasteiger partial charge in [-0.15, -0.1) is 0 Å². The van der Waals surface area contributed by atoms with Gasteiger partial charge in [0.05, 0.1) is 46.2 Å². The van der Waals surface area contributed by atoms with Gasteiger partial charge in [0.15, 0.2) is 8.32 Å². The van der Waals surface area contributed by atoms with Crippen LogP contribution >= 0.6 is 0 Å². The molecule has 38 heavy (non-hydrogen) atoms. The lowest BCUT2D eigenvalue weighted by atomic mass is 9.98. The first kappa shape index (κ1) is 30.3. The summed E-state index contributed by atoms with van der Waals surface area (Å²) in [4.78, 5) is 14.1. The Morgan fingerprint density at radius 1 is 0.789 bits per heavy atom. The van der Waals surface area contributed by atoms with E-state index in [-0.39, 0.29) is 17.0 Å². The quantitative estimate of drug-likeness (QED) is 0.205. The summed E-state index contributed by atoms with van der Waals surface area (Å²) in [5.41, 5.74) is 4.85. The molecule has 0 fully saturated rings. The van der Waals surface area contributed by atoms with Crippen molar-refractivity contribution in [1.82, 2.24) is 4.90 Å². The number of likely N-dealkylation sites (N-methyl/N-ethyl adjacent to an activating group) is 1. The summed E-state index contributed by atoms with van der Waals surface area (Å²) in [5.74, 6) is 0.0573. The van der Waals surface area contributed by atoms with Crippen molar-refractivity contribution in [2.24, 2.45) is 0 Å². The lowest BCUT2D eigenvalue weighted by Gasteiger charge is -2.36. The van der Waals surface area contributed by atoms with Gasteiger partial charge < -0.3 is 28.3 Å². The molecule has 1 amide bonds. The molecular weight excluding hydrogens is 498 g/mol. The highest BCUT2D eigenvalue weighted by molar-refractivity contribution is 6.74. The number of hydrogen-bond acceptors (Lipinski definition) is 6. The molecule has 3 rings (SSSR count). The molecule has 0 saturated heterocycles. The summed E-state index contributed by atoms with van der Waals surface area (Å²) in [5, 5.41) is 0.209. The van der Waals surface area contributed by atoms with Gasteiger partial charge in [0.25, 0.3) is 0 Å². The van der Waals surface area contributed by atoms with Crippen LogP contribution in [0.4, 0.5) is 4.79 Å². The van der Waals surface area contributed by atoms with Crippen molar-refractivity contribution in [2.45, 2.75) is 44.8 Å². The van der Waals surface area contributed by atoms with Crippen LogP contribution < -0.4 is 0 Å². The van der Waals surface area contributed by atoms with Crippen molar-refractivity contribution in [2.75, 3.05) is 66.4 Å². The molecule has 0 atom stereocenters. The van der Waals surface area contributed by atoms with E-state index in [1.165, 1.54) is 22.3 Å². The number of ether oxygens (including phenoxy) is 4. The van der Waals surface area contributed by atoms with E-state index in [1.807, 2.05) is 24.3 Å². The predicted molar refractivity (Wildman–Crippen MR) is 153 cm³/mol. The molecule has 0 N–H and O–H groups in total. The molecule has 2 aromatic carbocycles. The van der Waals surface area contributed by atoms with Gasteiger partial charge in [0.1, 0.15) is 6.61 Å². The molecule has 0 unspecified atom stereocenters. The summed E-state index contributed by atoms with van der Waals surface area (Å²) >= 11 is 0. The highest BCUT2D eigenvalue weighted by atomic mass is 28.4. The van der Waals surface area contributed by atoms with E-state index in [0.717, 1.165) is 0 Å². The molecule has 0 spiro atoms. The van der Waals surface area contributed by atoms with Crippen LogP contribution in [0.2, 0.25) is 18.1 Å². The minimum Gasteiger partial charge on any atom is -0.448 e. The fourth-order valence-electron chi connectivity index (χ4n) is 4.11. The third-order valence-corrected chi connectivity index (χ3v) is 12.0. The highest BCUT2D eigenvalue weighted by Gasteiger charge is 2.36. The van der Waals surface area contributed by atoms with E-state index in [9.17, 15) is 4.79 Å². The van der Waals surface area contributed by atoms with Gasteiger partial charge in [-0.2, -0.15) is 0 Å². The number of nitrogens with zero attached hydrogens (tertiary/aromatic N) is 1. The molecule has 0 heterocycles. The number of carbonyl (C=O) groups excluding carboxylic acids is 1. The maximum absolute atomic E-state index is 12.5. The zero-order chi connectivity index (χ0) is 27.6. The van der Waals surface area contributed by atoms with Crippen LogP contribution in [-0.2, 0) is 23.4 Å². The van der Waals surface area contributed by atoms with Crippen molar-refractivity contribution in [3.8, 4) is 11.1 Å². The van der Waals surface area contributed by atoms with Crippen LogP contribution in [0.3, 0.4) is 0 Å². The second-order valence-electron chi connectivity index (χ2n) is 11.2. The highest BCUT2D eigenvalue weighted by Crippen LogP contribution is 2.44. The molecule has 0 aromatic heterocycles. The molecule has 0 aliphatic heterocycles. The molecule has 1 aliphatic rings. The Labute approximate surface area is 229 Å². The molecule has 1 aliphatic carbocycles. The Kier molecular flexibility index (Phi) is 11.4. The number of hydrogen-bond donors (Lipinski definition) is 0. The third-order valence-electron chi connectivity index (χ3n) is 7.46. The van der Waals surface area contributed by atoms with Gasteiger partial charge in [-0.3, -0.25) is 0 Å². The summed E-state index contributed by atoms with van der Waals surface area (Å²) in [6.07, 6.45) is -0.346. The van der Waals surface area contributed by atoms with E-state index in [0.29, 0.717) is 59.4 Å². The molecule has 0 saturated carbocycles. The van der Waals surface area contributed by atoms with E-state index in [2.05, 4.69) is 58.1 Å². The molecule has 2 aromatic rings. The van der Waals surface area contributed by atoms with Crippen LogP contribution in [0.15, 0.2) is 48.5 Å². The van der Waals surface area contributed by atoms with E-state index >= 15 is 0 Å². The summed E-state index contributed by atoms with van der Waals surface area (Å²) in [6, 6.07) is 16.6. The Morgan fingerprint density at radius 2 is 1.26 bits per heavy atom. The standard InChI is InChI=1S/C30H45NO6Si/c1-30(2,3)38(5,6)37-22-21-35-20-19-34-18-17-33-16-15-31(4)29(32)36-23-28-26-13-9-7-11-24(26)25-12-8-10-14-27(25)28/h7-14,28H,15-23H2,1-6H3. The zero-order valence-electron chi connectivity index (χ0n) is 24.0. The number of amides is 1. The summed E-state index contributed by atoms with van der Waals surface area (Å²) < 4.78 is 28.5. The van der Waals surface area contributed by atoms with Crippen molar-refractivity contribution in [3.05, 3.63) is 59.7 Å². The lowest BCUT2D eigenvalue weighted by Crippen LogP contribution is -2.41. The monoisotopic (exact) mass is 543 g/mol. The number of carbonyl (C=O) groups is 1. The van der Waals surface area contributed by atoms with E-state index in [1.54, 1.807) is 11.9 Å². The Balaban J connectivity index is 1.22. The van der Waals surface area contributed by atoms with Crippen molar-refractivity contribution >= 4 is 14.4 Å². The molecule has 8 heteroatoms. The maximum Gasteiger partial charge on any atom is 0.409 e. The summed E-state index contributed by atoms with van der Waals surface area (Å²) in [6.45, 7) is 15.6. The van der Waals surface area contributed by atoms with Gasteiger partial charge in [-0.1, -0.05) is 69.3 Å². The van der Waals surface area contributed by atoms with Gasteiger partial charge >= 0.3 is 6.09 Å². The fraction of sp³-hybridized carbons (Fsp3) is 0.567. The number of benzene rings is 2. The first-order chi connectivity index (χ1) is 18.1. The fourth-order valence-corrected chi connectivity index (χ4v) is 5.14. The molecule has 7 nitrogen and oxygen atoms in total. The minimum absolute atomic E-state index is 0.0573. The summed E-state index contributed by atoms with van der Waals surface area (Å²) in [7, 11) is 0.0159. The third kappa shape index (κ3) is 8.38. The smallest absolute Gasteiger partial charge is 0.409 e. The van der Waals surface area contributed by atoms with Crippen LogP contribution in [0.25, 0.3) is 11.1 Å². The van der Waals surface area contributed by atoms with Crippen LogP contribution in [0.1, 0.15) is 37.8 Å². The SMILES string of the molecule is CN(CCOCCOCCOCCO[Si](C)(C)C(C)(C)C)C(=O)OCC1c2ccccc2-c2ccccc21. The molecule has 0 bridgehead atoms. The number of fused-ring (bicyclic) bond motifs is 3. The average molecular weight is 544 g/mol. The van der Waals surface area contributed by atoms with Crippen molar-refractivity contribution in [1.29, 1.82) is 0 Å². The Hall–Kier alpha value is -2.23. The largest absolute Gasteiger partial charge is 0.448 e. The molecular formula is C30H45NO6Si. The number of rotatable bonds is 15. The second-order valence-corrected chi connectivity index (χ2v) is 16.0. The average Bonchev–Trinajstić information content (AvgIpc) is 3.20. The maximum atomic E-state index is 12.5. The van der Waals surface area contributed by atoms with E-state index in [4.69, 9.17) is 23.4 Å². The van der Waals surface area contributed by atoms with E-state index < -0.39 is 8.32 Å². The zero-order valence-corrected chi connectivity index (χ0v) is 25.0. The van der Waals surface area contributed by atoms with Crippen molar-refractivity contribution in [3.63, 3.8) is 0 Å². The minimum atomic E-state index is -1.71. The van der Waals surface area contributed by atoms with Gasteiger partial charge in [0.2, 0.25) is 0 Å². The first-order valence-corrected chi connectivity index (χ1v) is 16.5. The van der Waals surface area contributed by atoms with Crippen molar-refractivity contribution < 1.29 is 28.2 Å². The van der Waals surface area contributed by atoms with Gasteiger partial charge in [-0.05, 0) is 40.4 Å². The van der Waals surface area contributed by atoms with Crippen LogP contribution in [-0.4, -0.2) is 85.8 Å². The second kappa shape index (κ2) is 14.2. The molecule has 210 valence electrons. The van der Waals surface area contributed by atoms with Gasteiger partial charge in [0, 0.05) is 19.5 Å². The Bertz CT molecular complexity index is 976. The van der Waals surface area contributed by atoms with Crippen LogP contribution in [0.5, 0.6) is 0 Å². The normalized spacial score (nSPS) is 13.3. The lowest BCUT2D eigenvalue weighted by molar-refractivity contribution is 0.00584. The Morgan fingerprint density at radius 3 is 1.79 bits per heavy atom.